The van der Waals surface area contributed by atoms with Crippen molar-refractivity contribution in [2.45, 2.75) is 24.8 Å². The number of hydrogen-bond acceptors (Lipinski definition) is 6. The van der Waals surface area contributed by atoms with Crippen LogP contribution in [-0.4, -0.2) is 21.8 Å². The van der Waals surface area contributed by atoms with Crippen LogP contribution in [0, 0.1) is 12.3 Å². The molecule has 0 saturated carbocycles. The number of benzene rings is 1. The summed E-state index contributed by atoms with van der Waals surface area (Å²) in [5, 5.41) is 19.3. The van der Waals surface area contributed by atoms with Crippen LogP contribution in [0.5, 0.6) is 11.5 Å². The van der Waals surface area contributed by atoms with E-state index in [4.69, 9.17) is 12.2 Å². The summed E-state index contributed by atoms with van der Waals surface area (Å²) in [4.78, 5) is 18.9. The van der Waals surface area contributed by atoms with Crippen molar-refractivity contribution < 1.29 is 15.0 Å². The number of carbonyl (C=O) groups is 1. The Hall–Kier alpha value is -2.78. The molecule has 1 aromatic carbocycles. The Kier molecular flexibility index (Phi) is 3.82. The lowest BCUT2D eigenvalue weighted by Crippen LogP contribution is -2.41. The molecule has 4 N–H and O–H groups in total. The van der Waals surface area contributed by atoms with Crippen LogP contribution < -0.4 is 5.73 Å². The molecular weight excluding hydrogens is 324 g/mol. The Balaban J connectivity index is 2.18. The quantitative estimate of drug-likeness (QED) is 0.578. The topological polar surface area (TPSA) is 95.9 Å². The number of nitrogens with zero attached hydrogens (tertiary/aromatic N) is 1. The van der Waals surface area contributed by atoms with Gasteiger partial charge in [-0.15, -0.1) is 17.8 Å². The van der Waals surface area contributed by atoms with Crippen molar-refractivity contribution in [3.63, 3.8) is 0 Å². The van der Waals surface area contributed by atoms with Gasteiger partial charge in [-0.1, -0.05) is 12.0 Å². The molecule has 0 fully saturated rings. The zero-order chi connectivity index (χ0) is 17.5. The molecule has 6 heteroatoms. The van der Waals surface area contributed by atoms with Crippen LogP contribution in [-0.2, 0) is 10.3 Å². The van der Waals surface area contributed by atoms with E-state index in [9.17, 15) is 15.0 Å². The molecule has 0 amide bonds. The average Bonchev–Trinajstić information content (AvgIpc) is 2.99. The Morgan fingerprint density at radius 3 is 2.71 bits per heavy atom. The molecule has 1 unspecified atom stereocenters. The molecule has 24 heavy (non-hydrogen) atoms. The average molecular weight is 340 g/mol. The standard InChI is InChI=1S/C18H16N2O3S/c1-3-11-5-7-15(24-11)18(2)17(14(23)9-16(19)20-18)10-4-6-12(21)13(22)8-10/h1,4-8,17,21-22H,9H2,2H3,(H2,19,20)/t17?,18-/m1/s1. The first-order chi connectivity index (χ1) is 11.3. The number of nitrogens with two attached hydrogens (primary N) is 1. The highest BCUT2D eigenvalue weighted by Gasteiger charge is 2.45. The molecule has 0 radical (unpaired) electrons. The molecule has 0 spiro atoms. The summed E-state index contributed by atoms with van der Waals surface area (Å²) >= 11 is 1.39. The summed E-state index contributed by atoms with van der Waals surface area (Å²) in [6.07, 6.45) is 5.50. The van der Waals surface area contributed by atoms with Gasteiger partial charge >= 0.3 is 0 Å². The maximum Gasteiger partial charge on any atom is 0.157 e. The first-order valence-corrected chi connectivity index (χ1v) is 8.12. The summed E-state index contributed by atoms with van der Waals surface area (Å²) in [5.41, 5.74) is 5.54. The minimum absolute atomic E-state index is 0.0509. The first kappa shape index (κ1) is 16.1. The number of phenolic OH excluding ortho intramolecular Hbond substituents is 2. The van der Waals surface area contributed by atoms with Gasteiger partial charge in [-0.25, -0.2) is 0 Å². The van der Waals surface area contributed by atoms with E-state index >= 15 is 0 Å². The zero-order valence-corrected chi connectivity index (χ0v) is 13.8. The second-order valence-corrected chi connectivity index (χ2v) is 6.97. The van der Waals surface area contributed by atoms with Gasteiger partial charge in [0.1, 0.15) is 11.4 Å². The molecule has 1 aliphatic heterocycles. The molecule has 5 nitrogen and oxygen atoms in total. The fourth-order valence-corrected chi connectivity index (χ4v) is 4.05. The van der Waals surface area contributed by atoms with E-state index in [-0.39, 0.29) is 29.5 Å². The lowest BCUT2D eigenvalue weighted by Gasteiger charge is -2.36. The van der Waals surface area contributed by atoms with Crippen molar-refractivity contribution in [2.24, 2.45) is 10.7 Å². The minimum Gasteiger partial charge on any atom is -0.504 e. The number of carbonyl (C=O) groups excluding carboxylic acids is 1. The highest BCUT2D eigenvalue weighted by Crippen LogP contribution is 2.47. The van der Waals surface area contributed by atoms with Gasteiger partial charge in [0.05, 0.1) is 17.2 Å². The van der Waals surface area contributed by atoms with Crippen LogP contribution >= 0.6 is 11.3 Å². The highest BCUT2D eigenvalue weighted by molar-refractivity contribution is 7.12. The second kappa shape index (κ2) is 5.69. The van der Waals surface area contributed by atoms with Gasteiger partial charge in [0.15, 0.2) is 17.3 Å². The monoisotopic (exact) mass is 340 g/mol. The number of aliphatic imine (C=N–C) groups is 1. The number of amidine groups is 1. The number of rotatable bonds is 2. The van der Waals surface area contributed by atoms with Crippen molar-refractivity contribution in [2.75, 3.05) is 0 Å². The molecule has 2 aromatic rings. The normalized spacial score (nSPS) is 23.6. The SMILES string of the molecule is C#Cc1ccc([C@@]2(C)N=C(N)CC(=O)C2c2ccc(O)c(O)c2)s1. The lowest BCUT2D eigenvalue weighted by atomic mass is 9.74. The molecule has 0 saturated heterocycles. The van der Waals surface area contributed by atoms with E-state index < -0.39 is 11.5 Å². The maximum absolute atomic E-state index is 12.7. The van der Waals surface area contributed by atoms with Gasteiger partial charge in [0, 0.05) is 4.88 Å². The van der Waals surface area contributed by atoms with Crippen LogP contribution in [0.3, 0.4) is 0 Å². The highest BCUT2D eigenvalue weighted by atomic mass is 32.1. The van der Waals surface area contributed by atoms with E-state index in [0.29, 0.717) is 5.56 Å². The van der Waals surface area contributed by atoms with Crippen molar-refractivity contribution in [3.05, 3.63) is 45.6 Å². The fraction of sp³-hybridized carbons (Fsp3) is 0.222. The summed E-state index contributed by atoms with van der Waals surface area (Å²) in [6.45, 7) is 1.83. The number of aromatic hydroxyl groups is 2. The second-order valence-electron chi connectivity index (χ2n) is 5.88. The van der Waals surface area contributed by atoms with Gasteiger partial charge in [-0.3, -0.25) is 9.79 Å². The number of ketones is 1. The third kappa shape index (κ3) is 2.53. The summed E-state index contributed by atoms with van der Waals surface area (Å²) < 4.78 is 0. The Morgan fingerprint density at radius 2 is 2.08 bits per heavy atom. The van der Waals surface area contributed by atoms with E-state index in [0.717, 1.165) is 9.75 Å². The summed E-state index contributed by atoms with van der Waals surface area (Å²) in [7, 11) is 0. The van der Waals surface area contributed by atoms with Crippen molar-refractivity contribution >= 4 is 23.0 Å². The molecule has 1 aromatic heterocycles. The molecule has 0 aliphatic carbocycles. The van der Waals surface area contributed by atoms with Gasteiger partial charge in [-0.2, -0.15) is 0 Å². The maximum atomic E-state index is 12.7. The van der Waals surface area contributed by atoms with E-state index in [2.05, 4.69) is 10.9 Å². The third-order valence-electron chi connectivity index (χ3n) is 4.20. The van der Waals surface area contributed by atoms with Crippen molar-refractivity contribution in [3.8, 4) is 23.8 Å². The van der Waals surface area contributed by atoms with Gasteiger partial charge in [-0.05, 0) is 36.8 Å². The lowest BCUT2D eigenvalue weighted by molar-refractivity contribution is -0.121. The first-order valence-electron chi connectivity index (χ1n) is 7.31. The molecule has 122 valence electrons. The third-order valence-corrected chi connectivity index (χ3v) is 5.44. The van der Waals surface area contributed by atoms with Crippen molar-refractivity contribution in [1.29, 1.82) is 0 Å². The molecule has 2 atom stereocenters. The Morgan fingerprint density at radius 1 is 1.33 bits per heavy atom. The van der Waals surface area contributed by atoms with Crippen LogP contribution in [0.2, 0.25) is 0 Å². The number of Topliss-reactive ketones (excluding diaryl/α,β-unsaturated/α-hetero) is 1. The number of hydrogen-bond donors (Lipinski definition) is 3. The predicted molar refractivity (Wildman–Crippen MR) is 93.4 cm³/mol. The predicted octanol–water partition coefficient (Wildman–Crippen LogP) is 2.47. The van der Waals surface area contributed by atoms with Crippen molar-refractivity contribution in [1.82, 2.24) is 0 Å². The summed E-state index contributed by atoms with van der Waals surface area (Å²) in [5.74, 6) is 1.62. The molecule has 2 heterocycles. The molecule has 3 rings (SSSR count). The van der Waals surface area contributed by atoms with E-state index in [1.165, 1.54) is 23.5 Å². The van der Waals surface area contributed by atoms with Gasteiger partial charge in [0.25, 0.3) is 0 Å². The number of thiophene rings is 1. The smallest absolute Gasteiger partial charge is 0.157 e. The van der Waals surface area contributed by atoms with Gasteiger partial charge < -0.3 is 15.9 Å². The summed E-state index contributed by atoms with van der Waals surface area (Å²) in [6, 6.07) is 8.02. The zero-order valence-electron chi connectivity index (χ0n) is 13.0. The largest absolute Gasteiger partial charge is 0.504 e. The number of phenols is 2. The van der Waals surface area contributed by atoms with Crippen LogP contribution in [0.4, 0.5) is 0 Å². The van der Waals surface area contributed by atoms with Crippen LogP contribution in [0.1, 0.15) is 34.6 Å². The molecule has 1 aliphatic rings. The van der Waals surface area contributed by atoms with Crippen LogP contribution in [0.25, 0.3) is 0 Å². The molecular formula is C18H16N2O3S. The fourth-order valence-electron chi connectivity index (χ4n) is 3.11. The van der Waals surface area contributed by atoms with Gasteiger partial charge in [0.2, 0.25) is 0 Å². The number of terminal acetylenes is 1. The Labute approximate surface area is 143 Å². The van der Waals surface area contributed by atoms with E-state index in [1.807, 2.05) is 13.0 Å². The molecule has 0 bridgehead atoms. The van der Waals surface area contributed by atoms with Crippen LogP contribution in [0.15, 0.2) is 35.3 Å². The minimum atomic E-state index is -0.914. The Bertz CT molecular complexity index is 894. The van der Waals surface area contributed by atoms with E-state index in [1.54, 1.807) is 12.1 Å².